The quantitative estimate of drug-likeness (QED) is 0.860. The molecule has 0 radical (unpaired) electrons. The summed E-state index contributed by atoms with van der Waals surface area (Å²) in [7, 11) is -2.97. The Morgan fingerprint density at radius 3 is 2.95 bits per heavy atom. The van der Waals surface area contributed by atoms with E-state index >= 15 is 0 Å². The third-order valence-corrected chi connectivity index (χ3v) is 6.17. The largest absolute Gasteiger partial charge is 0.381 e. The van der Waals surface area contributed by atoms with E-state index in [2.05, 4.69) is 10.4 Å². The molecule has 2 aliphatic rings. The molecule has 122 valence electrons. The van der Waals surface area contributed by atoms with Gasteiger partial charge in [-0.2, -0.15) is 5.10 Å². The summed E-state index contributed by atoms with van der Waals surface area (Å²) >= 11 is 0. The summed E-state index contributed by atoms with van der Waals surface area (Å²) in [6, 6.07) is -0.158. The topological polar surface area (TPSA) is 90.3 Å². The molecule has 3 heterocycles. The van der Waals surface area contributed by atoms with Crippen LogP contribution < -0.4 is 5.32 Å². The van der Waals surface area contributed by atoms with E-state index in [0.717, 1.165) is 18.7 Å². The van der Waals surface area contributed by atoms with Gasteiger partial charge in [0, 0.05) is 24.8 Å². The number of aromatic nitrogens is 2. The van der Waals surface area contributed by atoms with Crippen molar-refractivity contribution in [2.45, 2.75) is 25.8 Å². The Morgan fingerprint density at radius 2 is 2.32 bits per heavy atom. The first-order chi connectivity index (χ1) is 10.5. The van der Waals surface area contributed by atoms with Crippen molar-refractivity contribution in [3.8, 4) is 0 Å². The van der Waals surface area contributed by atoms with Crippen LogP contribution in [-0.2, 0) is 14.6 Å². The highest BCUT2D eigenvalue weighted by molar-refractivity contribution is 7.91. The molecule has 0 bridgehead atoms. The summed E-state index contributed by atoms with van der Waals surface area (Å²) in [5.74, 6) is 0.520. The second-order valence-electron chi connectivity index (χ2n) is 6.08. The molecule has 2 saturated heterocycles. The van der Waals surface area contributed by atoms with Gasteiger partial charge in [0.05, 0.1) is 35.9 Å². The molecule has 1 aromatic rings. The van der Waals surface area contributed by atoms with Gasteiger partial charge in [-0.15, -0.1) is 0 Å². The Kier molecular flexibility index (Phi) is 4.22. The van der Waals surface area contributed by atoms with Crippen LogP contribution in [0.5, 0.6) is 0 Å². The fourth-order valence-electron chi connectivity index (χ4n) is 3.06. The maximum atomic E-state index is 12.3. The number of amides is 1. The molecule has 2 aliphatic heterocycles. The zero-order valence-electron chi connectivity index (χ0n) is 12.6. The summed E-state index contributed by atoms with van der Waals surface area (Å²) < 4.78 is 30.1. The van der Waals surface area contributed by atoms with Crippen molar-refractivity contribution >= 4 is 15.7 Å². The number of carbonyl (C=O) groups excluding carboxylic acids is 1. The van der Waals surface area contributed by atoms with Gasteiger partial charge in [0.15, 0.2) is 9.84 Å². The van der Waals surface area contributed by atoms with Gasteiger partial charge in [-0.1, -0.05) is 0 Å². The smallest absolute Gasteiger partial charge is 0.254 e. The highest BCUT2D eigenvalue weighted by atomic mass is 32.2. The Labute approximate surface area is 129 Å². The lowest BCUT2D eigenvalue weighted by Gasteiger charge is -2.12. The number of rotatable bonds is 4. The molecule has 0 aliphatic carbocycles. The van der Waals surface area contributed by atoms with E-state index in [1.54, 1.807) is 4.68 Å². The van der Waals surface area contributed by atoms with Crippen molar-refractivity contribution < 1.29 is 17.9 Å². The van der Waals surface area contributed by atoms with Crippen LogP contribution in [0, 0.1) is 12.8 Å². The number of hydrogen-bond acceptors (Lipinski definition) is 5. The van der Waals surface area contributed by atoms with E-state index in [1.807, 2.05) is 6.92 Å². The number of ether oxygens (including phenoxy) is 1. The lowest BCUT2D eigenvalue weighted by molar-refractivity contribution is 0.0944. The standard InChI is InChI=1S/C14H21N3O4S/c1-10-13(14(18)15-6-11-2-4-21-8-11)7-16-17(10)12-3-5-22(19,20)9-12/h7,11-12H,2-6,8-9H2,1H3,(H,15,18)/t11-,12-/m0/s1. The lowest BCUT2D eigenvalue weighted by Crippen LogP contribution is -2.29. The molecule has 0 unspecified atom stereocenters. The second kappa shape index (κ2) is 6.00. The van der Waals surface area contributed by atoms with Crippen molar-refractivity contribution in [2.24, 2.45) is 5.92 Å². The van der Waals surface area contributed by atoms with E-state index in [9.17, 15) is 13.2 Å². The van der Waals surface area contributed by atoms with Crippen LogP contribution in [0.1, 0.15) is 34.9 Å². The first kappa shape index (κ1) is 15.5. The number of carbonyl (C=O) groups is 1. The molecule has 0 spiro atoms. The molecule has 7 nitrogen and oxygen atoms in total. The highest BCUT2D eigenvalue weighted by Gasteiger charge is 2.31. The molecule has 2 fully saturated rings. The van der Waals surface area contributed by atoms with Crippen LogP contribution in [0.2, 0.25) is 0 Å². The van der Waals surface area contributed by atoms with Gasteiger partial charge >= 0.3 is 0 Å². The molecule has 1 aromatic heterocycles. The van der Waals surface area contributed by atoms with Crippen LogP contribution in [0.4, 0.5) is 0 Å². The Morgan fingerprint density at radius 1 is 1.50 bits per heavy atom. The fraction of sp³-hybridized carbons (Fsp3) is 0.714. The molecule has 2 atom stereocenters. The third kappa shape index (κ3) is 3.17. The number of sulfone groups is 1. The molecule has 1 N–H and O–H groups in total. The normalized spacial score (nSPS) is 27.1. The van der Waals surface area contributed by atoms with Gasteiger partial charge in [0.2, 0.25) is 0 Å². The van der Waals surface area contributed by atoms with Crippen LogP contribution >= 0.6 is 0 Å². The summed E-state index contributed by atoms with van der Waals surface area (Å²) in [6.07, 6.45) is 3.06. The first-order valence-electron chi connectivity index (χ1n) is 7.57. The van der Waals surface area contributed by atoms with Gasteiger partial charge < -0.3 is 10.1 Å². The minimum Gasteiger partial charge on any atom is -0.381 e. The Hall–Kier alpha value is -1.41. The predicted octanol–water partition coefficient (Wildman–Crippen LogP) is 0.317. The van der Waals surface area contributed by atoms with E-state index in [1.165, 1.54) is 6.20 Å². The minimum absolute atomic E-state index is 0.107. The average molecular weight is 327 g/mol. The van der Waals surface area contributed by atoms with E-state index < -0.39 is 9.84 Å². The van der Waals surface area contributed by atoms with Crippen molar-refractivity contribution in [1.29, 1.82) is 0 Å². The number of hydrogen-bond donors (Lipinski definition) is 1. The second-order valence-corrected chi connectivity index (χ2v) is 8.31. The highest BCUT2D eigenvalue weighted by Crippen LogP contribution is 2.25. The summed E-state index contributed by atoms with van der Waals surface area (Å²) in [5, 5.41) is 7.14. The van der Waals surface area contributed by atoms with Crippen LogP contribution in [0.3, 0.4) is 0 Å². The predicted molar refractivity (Wildman–Crippen MR) is 80.5 cm³/mol. The molecule has 1 amide bonds. The third-order valence-electron chi connectivity index (χ3n) is 4.42. The lowest BCUT2D eigenvalue weighted by atomic mass is 10.1. The summed E-state index contributed by atoms with van der Waals surface area (Å²) in [6.45, 7) is 3.86. The zero-order valence-corrected chi connectivity index (χ0v) is 13.4. The monoisotopic (exact) mass is 327 g/mol. The molecule has 3 rings (SSSR count). The maximum absolute atomic E-state index is 12.3. The summed E-state index contributed by atoms with van der Waals surface area (Å²) in [4.78, 5) is 12.3. The van der Waals surface area contributed by atoms with Gasteiger partial charge in [-0.05, 0) is 19.8 Å². The van der Waals surface area contributed by atoms with Crippen molar-refractivity contribution in [3.05, 3.63) is 17.5 Å². The molecule has 22 heavy (non-hydrogen) atoms. The van der Waals surface area contributed by atoms with E-state index in [4.69, 9.17) is 4.74 Å². The Bertz CT molecular complexity index is 662. The maximum Gasteiger partial charge on any atom is 0.254 e. The number of nitrogens with one attached hydrogen (secondary N) is 1. The van der Waals surface area contributed by atoms with E-state index in [0.29, 0.717) is 31.1 Å². The van der Waals surface area contributed by atoms with Crippen LogP contribution in [0.25, 0.3) is 0 Å². The average Bonchev–Trinajstić information content (AvgIpc) is 3.16. The number of nitrogens with zero attached hydrogens (tertiary/aromatic N) is 2. The van der Waals surface area contributed by atoms with Gasteiger partial charge in [0.25, 0.3) is 5.91 Å². The fourth-order valence-corrected chi connectivity index (χ4v) is 4.75. The van der Waals surface area contributed by atoms with E-state index in [-0.39, 0.29) is 23.5 Å². The van der Waals surface area contributed by atoms with Gasteiger partial charge in [-0.3, -0.25) is 9.48 Å². The van der Waals surface area contributed by atoms with Gasteiger partial charge in [-0.25, -0.2) is 8.42 Å². The zero-order chi connectivity index (χ0) is 15.7. The Balaban J connectivity index is 1.66. The molecule has 0 aromatic carbocycles. The summed E-state index contributed by atoms with van der Waals surface area (Å²) in [5.41, 5.74) is 1.24. The molecular formula is C14H21N3O4S. The first-order valence-corrected chi connectivity index (χ1v) is 9.39. The van der Waals surface area contributed by atoms with Crippen LogP contribution in [-0.4, -0.2) is 55.4 Å². The van der Waals surface area contributed by atoms with Crippen LogP contribution in [0.15, 0.2) is 6.20 Å². The van der Waals surface area contributed by atoms with Crippen molar-refractivity contribution in [2.75, 3.05) is 31.3 Å². The minimum atomic E-state index is -2.97. The molecule has 8 heteroatoms. The van der Waals surface area contributed by atoms with Crippen molar-refractivity contribution in [3.63, 3.8) is 0 Å². The molecular weight excluding hydrogens is 306 g/mol. The van der Waals surface area contributed by atoms with Crippen molar-refractivity contribution in [1.82, 2.24) is 15.1 Å². The molecule has 0 saturated carbocycles. The SMILES string of the molecule is Cc1c(C(=O)NC[C@@H]2CCOC2)cnn1[C@H]1CCS(=O)(=O)C1. The van der Waals surface area contributed by atoms with Gasteiger partial charge in [0.1, 0.15) is 0 Å².